The van der Waals surface area contributed by atoms with E-state index in [0.717, 1.165) is 28.3 Å². The summed E-state index contributed by atoms with van der Waals surface area (Å²) in [7, 11) is 1.20. The van der Waals surface area contributed by atoms with Gasteiger partial charge in [-0.05, 0) is 39.9 Å². The van der Waals surface area contributed by atoms with Crippen molar-refractivity contribution >= 4 is 12.1 Å². The molecule has 1 amide bonds. The van der Waals surface area contributed by atoms with Crippen LogP contribution in [0.1, 0.15) is 22.6 Å². The van der Waals surface area contributed by atoms with Gasteiger partial charge in [0.05, 0.1) is 7.11 Å². The van der Waals surface area contributed by atoms with E-state index < -0.39 is 29.7 Å². The van der Waals surface area contributed by atoms with Gasteiger partial charge in [-0.2, -0.15) is 0 Å². The van der Waals surface area contributed by atoms with Crippen LogP contribution in [0.25, 0.3) is 11.1 Å². The van der Waals surface area contributed by atoms with Crippen molar-refractivity contribution < 1.29 is 28.6 Å². The van der Waals surface area contributed by atoms with Crippen LogP contribution in [0.5, 0.6) is 5.75 Å². The second-order valence-electron chi connectivity index (χ2n) is 7.54. The Labute approximate surface area is 184 Å². The van der Waals surface area contributed by atoms with E-state index in [-0.39, 0.29) is 18.9 Å². The van der Waals surface area contributed by atoms with Gasteiger partial charge in [0.1, 0.15) is 12.6 Å². The number of phenolic OH excluding ortho intramolecular Hbond substituents is 1. The summed E-state index contributed by atoms with van der Waals surface area (Å²) in [5, 5.41) is 11.8. The highest BCUT2D eigenvalue weighted by molar-refractivity contribution is 5.82. The largest absolute Gasteiger partial charge is 0.505 e. The van der Waals surface area contributed by atoms with Crippen LogP contribution in [0.4, 0.5) is 9.18 Å². The predicted octanol–water partition coefficient (Wildman–Crippen LogP) is 4.15. The Morgan fingerprint density at radius 1 is 1.03 bits per heavy atom. The number of alkyl carbamates (subject to hydrolysis) is 1. The molecule has 1 aliphatic rings. The van der Waals surface area contributed by atoms with Crippen LogP contribution in [0.2, 0.25) is 0 Å². The van der Waals surface area contributed by atoms with Gasteiger partial charge in [-0.3, -0.25) is 0 Å². The average Bonchev–Trinajstić information content (AvgIpc) is 3.13. The van der Waals surface area contributed by atoms with Gasteiger partial charge in [-0.15, -0.1) is 0 Å². The van der Waals surface area contributed by atoms with E-state index in [9.17, 15) is 19.1 Å². The van der Waals surface area contributed by atoms with Crippen molar-refractivity contribution in [2.24, 2.45) is 0 Å². The number of phenols is 1. The number of methoxy groups -OCH3 is 1. The minimum Gasteiger partial charge on any atom is -0.505 e. The van der Waals surface area contributed by atoms with Crippen LogP contribution in [0, 0.1) is 5.82 Å². The summed E-state index contributed by atoms with van der Waals surface area (Å²) < 4.78 is 23.9. The van der Waals surface area contributed by atoms with Crippen molar-refractivity contribution in [3.63, 3.8) is 0 Å². The maximum atomic E-state index is 13.6. The predicted molar refractivity (Wildman–Crippen MR) is 116 cm³/mol. The van der Waals surface area contributed by atoms with Crippen LogP contribution in [-0.2, 0) is 20.7 Å². The molecular weight excluding hydrogens is 413 g/mol. The number of benzene rings is 3. The third-order valence-electron chi connectivity index (χ3n) is 5.57. The van der Waals surface area contributed by atoms with Crippen molar-refractivity contribution in [1.82, 2.24) is 5.32 Å². The van der Waals surface area contributed by atoms with Crippen molar-refractivity contribution in [2.45, 2.75) is 18.4 Å². The summed E-state index contributed by atoms with van der Waals surface area (Å²) in [6, 6.07) is 18.6. The van der Waals surface area contributed by atoms with Crippen LogP contribution in [-0.4, -0.2) is 36.9 Å². The first-order chi connectivity index (χ1) is 15.5. The van der Waals surface area contributed by atoms with Gasteiger partial charge in [0.2, 0.25) is 0 Å². The number of carbonyl (C=O) groups excluding carboxylic acids is 2. The Kier molecular flexibility index (Phi) is 6.07. The van der Waals surface area contributed by atoms with Gasteiger partial charge in [0.15, 0.2) is 11.6 Å². The number of nitrogens with one attached hydrogen (secondary N) is 1. The fraction of sp³-hybridized carbons (Fsp3) is 0.200. The molecule has 1 atom stereocenters. The second-order valence-corrected chi connectivity index (χ2v) is 7.54. The van der Waals surface area contributed by atoms with E-state index in [1.165, 1.54) is 19.2 Å². The smallest absolute Gasteiger partial charge is 0.407 e. The van der Waals surface area contributed by atoms with E-state index >= 15 is 0 Å². The zero-order valence-electron chi connectivity index (χ0n) is 17.4. The number of fused-ring (bicyclic) bond motifs is 3. The molecule has 6 nitrogen and oxygen atoms in total. The summed E-state index contributed by atoms with van der Waals surface area (Å²) in [6.07, 6.45) is -0.796. The zero-order chi connectivity index (χ0) is 22.7. The first kappa shape index (κ1) is 21.4. The molecule has 4 rings (SSSR count). The molecular formula is C25H22FNO5. The first-order valence-electron chi connectivity index (χ1n) is 10.1. The van der Waals surface area contributed by atoms with Crippen LogP contribution in [0.15, 0.2) is 66.7 Å². The molecule has 164 valence electrons. The fourth-order valence-corrected chi connectivity index (χ4v) is 4.03. The molecule has 0 bridgehead atoms. The lowest BCUT2D eigenvalue weighted by Crippen LogP contribution is -2.43. The van der Waals surface area contributed by atoms with Gasteiger partial charge in [0, 0.05) is 12.3 Å². The van der Waals surface area contributed by atoms with Crippen molar-refractivity contribution in [3.8, 4) is 16.9 Å². The molecule has 0 unspecified atom stereocenters. The molecule has 0 heterocycles. The lowest BCUT2D eigenvalue weighted by molar-refractivity contribution is -0.143. The average molecular weight is 435 g/mol. The Balaban J connectivity index is 1.45. The summed E-state index contributed by atoms with van der Waals surface area (Å²) >= 11 is 0. The Morgan fingerprint density at radius 2 is 1.66 bits per heavy atom. The molecule has 3 aromatic rings. The highest BCUT2D eigenvalue weighted by atomic mass is 19.1. The normalized spacial score (nSPS) is 13.1. The van der Waals surface area contributed by atoms with E-state index in [1.54, 1.807) is 0 Å². The summed E-state index contributed by atoms with van der Waals surface area (Å²) in [6.45, 7) is 0.0988. The van der Waals surface area contributed by atoms with Crippen molar-refractivity contribution in [1.29, 1.82) is 0 Å². The number of ether oxygens (including phenoxy) is 2. The van der Waals surface area contributed by atoms with E-state index in [4.69, 9.17) is 9.47 Å². The number of amides is 1. The number of hydrogen-bond acceptors (Lipinski definition) is 5. The van der Waals surface area contributed by atoms with E-state index in [2.05, 4.69) is 5.32 Å². The van der Waals surface area contributed by atoms with E-state index in [0.29, 0.717) is 5.56 Å². The molecule has 0 fully saturated rings. The van der Waals surface area contributed by atoms with Crippen molar-refractivity contribution in [2.75, 3.05) is 13.7 Å². The third kappa shape index (κ3) is 4.27. The van der Waals surface area contributed by atoms with Crippen LogP contribution in [0.3, 0.4) is 0 Å². The Morgan fingerprint density at radius 3 is 2.25 bits per heavy atom. The van der Waals surface area contributed by atoms with Gasteiger partial charge in [-0.25, -0.2) is 14.0 Å². The monoisotopic (exact) mass is 435 g/mol. The molecule has 0 spiro atoms. The summed E-state index contributed by atoms with van der Waals surface area (Å²) in [4.78, 5) is 24.7. The molecule has 2 N–H and O–H groups in total. The highest BCUT2D eigenvalue weighted by Gasteiger charge is 2.30. The number of hydrogen-bond donors (Lipinski definition) is 2. The minimum atomic E-state index is -1.07. The lowest BCUT2D eigenvalue weighted by atomic mass is 9.98. The number of aromatic hydroxyl groups is 1. The summed E-state index contributed by atoms with van der Waals surface area (Å²) in [5.74, 6) is -2.11. The lowest BCUT2D eigenvalue weighted by Gasteiger charge is -2.18. The molecule has 0 saturated heterocycles. The molecule has 0 aliphatic heterocycles. The quantitative estimate of drug-likeness (QED) is 0.568. The highest BCUT2D eigenvalue weighted by Crippen LogP contribution is 2.44. The molecule has 1 aliphatic carbocycles. The number of esters is 1. The third-order valence-corrected chi connectivity index (χ3v) is 5.57. The minimum absolute atomic E-state index is 0.0198. The standard InChI is InChI=1S/C25H22FNO5/c1-31-24(29)22(13-15-10-11-23(28)21(26)12-15)27-25(30)32-14-20-18-8-4-2-6-16(18)17-7-3-5-9-19(17)20/h2-12,20,22,28H,13-14H2,1H3,(H,27,30)/t22-/m0/s1. The topological polar surface area (TPSA) is 84.9 Å². The number of halogens is 1. The first-order valence-corrected chi connectivity index (χ1v) is 10.1. The molecule has 0 radical (unpaired) electrons. The molecule has 32 heavy (non-hydrogen) atoms. The molecule has 3 aromatic carbocycles. The Hall–Kier alpha value is -3.87. The van der Waals surface area contributed by atoms with Gasteiger partial charge >= 0.3 is 12.1 Å². The second kappa shape index (κ2) is 9.09. The summed E-state index contributed by atoms with van der Waals surface area (Å²) in [5.41, 5.74) is 4.78. The van der Waals surface area contributed by atoms with Gasteiger partial charge in [0.25, 0.3) is 0 Å². The molecule has 0 saturated carbocycles. The zero-order valence-corrected chi connectivity index (χ0v) is 17.4. The van der Waals surface area contributed by atoms with Gasteiger partial charge in [-0.1, -0.05) is 54.6 Å². The maximum absolute atomic E-state index is 13.6. The van der Waals surface area contributed by atoms with Gasteiger partial charge < -0.3 is 19.9 Å². The van der Waals surface area contributed by atoms with Crippen molar-refractivity contribution in [3.05, 3.63) is 89.2 Å². The Bertz CT molecular complexity index is 1120. The molecule has 0 aromatic heterocycles. The molecule has 7 heteroatoms. The number of carbonyl (C=O) groups is 2. The maximum Gasteiger partial charge on any atom is 0.407 e. The van der Waals surface area contributed by atoms with Crippen LogP contribution < -0.4 is 5.32 Å². The van der Waals surface area contributed by atoms with E-state index in [1.807, 2.05) is 48.5 Å². The van der Waals surface area contributed by atoms with Crippen LogP contribution >= 0.6 is 0 Å². The fourth-order valence-electron chi connectivity index (χ4n) is 4.03. The number of rotatable bonds is 6. The SMILES string of the molecule is COC(=O)[C@H](Cc1ccc(O)c(F)c1)NC(=O)OCC1c2ccccc2-c2ccccc21.